The van der Waals surface area contributed by atoms with Crippen LogP contribution in [0.2, 0.25) is 0 Å². The van der Waals surface area contributed by atoms with Crippen molar-refractivity contribution in [1.82, 2.24) is 5.32 Å². The van der Waals surface area contributed by atoms with Crippen molar-refractivity contribution in [3.63, 3.8) is 0 Å². The zero-order valence-corrected chi connectivity index (χ0v) is 21.7. The van der Waals surface area contributed by atoms with Gasteiger partial charge in [0.1, 0.15) is 11.4 Å². The Labute approximate surface area is 218 Å². The summed E-state index contributed by atoms with van der Waals surface area (Å²) < 4.78 is 34.9. The largest absolute Gasteiger partial charge is 0.504 e. The predicted octanol–water partition coefficient (Wildman–Crippen LogP) is 5.03. The molecule has 2 N–H and O–H groups in total. The van der Waals surface area contributed by atoms with Gasteiger partial charge in [-0.2, -0.15) is 8.78 Å². The van der Waals surface area contributed by atoms with Gasteiger partial charge in [-0.05, 0) is 67.8 Å². The van der Waals surface area contributed by atoms with E-state index in [4.69, 9.17) is 4.74 Å². The van der Waals surface area contributed by atoms with Crippen LogP contribution in [0.4, 0.5) is 14.5 Å². The van der Waals surface area contributed by atoms with E-state index in [-0.39, 0.29) is 51.7 Å². The lowest BCUT2D eigenvalue weighted by Crippen LogP contribution is -2.38. The molecule has 0 bridgehead atoms. The molecule has 0 saturated heterocycles. The molecule has 1 aliphatic heterocycles. The minimum Gasteiger partial charge on any atom is -0.504 e. The van der Waals surface area contributed by atoms with E-state index in [9.17, 15) is 23.5 Å². The summed E-state index contributed by atoms with van der Waals surface area (Å²) in [5.74, 6) is -0.216. The van der Waals surface area contributed by atoms with Gasteiger partial charge in [0.05, 0.1) is 18.0 Å². The number of benzene rings is 2. The lowest BCUT2D eigenvalue weighted by Gasteiger charge is -2.19. The van der Waals surface area contributed by atoms with Crippen molar-refractivity contribution in [3.8, 4) is 17.2 Å². The number of amidine groups is 1. The van der Waals surface area contributed by atoms with Crippen molar-refractivity contribution >= 4 is 40.5 Å². The predicted molar refractivity (Wildman–Crippen MR) is 140 cm³/mol. The van der Waals surface area contributed by atoms with Crippen molar-refractivity contribution in [2.24, 2.45) is 10.9 Å². The number of amides is 2. The molecule has 2 aromatic rings. The zero-order chi connectivity index (χ0) is 27.1. The molecule has 37 heavy (non-hydrogen) atoms. The molecule has 0 spiro atoms. The standard InChI is InChI=1S/C26H29F2N3O5S/c1-5-35-22-13-17(6-11-21(22)32)12-20-24(34)31(18-7-9-19(10-8-18)36-25(27)28)26(30-20)37-14-23(33)29-16(4)15(2)3/h6-13,15-16,25,32H,5,14H2,1-4H3,(H,29,33)/b20-12+. The molecule has 1 atom stereocenters. The topological polar surface area (TPSA) is 100 Å². The second-order valence-electron chi connectivity index (χ2n) is 8.49. The van der Waals surface area contributed by atoms with Gasteiger partial charge in [0, 0.05) is 6.04 Å². The lowest BCUT2D eigenvalue weighted by atomic mass is 10.1. The highest BCUT2D eigenvalue weighted by molar-refractivity contribution is 8.14. The summed E-state index contributed by atoms with van der Waals surface area (Å²) in [6, 6.07) is 10.2. The first-order chi connectivity index (χ1) is 17.6. The summed E-state index contributed by atoms with van der Waals surface area (Å²) in [5.41, 5.74) is 1.04. The van der Waals surface area contributed by atoms with Gasteiger partial charge in [0.25, 0.3) is 5.91 Å². The van der Waals surface area contributed by atoms with Crippen molar-refractivity contribution in [2.45, 2.75) is 40.3 Å². The SMILES string of the molecule is CCOc1cc(/C=C2/N=C(SCC(=O)NC(C)C(C)C)N(c3ccc(OC(F)F)cc3)C2=O)ccc1O. The highest BCUT2D eigenvalue weighted by Crippen LogP contribution is 2.32. The number of nitrogens with zero attached hydrogens (tertiary/aromatic N) is 2. The van der Waals surface area contributed by atoms with E-state index in [1.165, 1.54) is 35.2 Å². The number of aromatic hydroxyl groups is 1. The highest BCUT2D eigenvalue weighted by atomic mass is 32.2. The second-order valence-corrected chi connectivity index (χ2v) is 9.43. The summed E-state index contributed by atoms with van der Waals surface area (Å²) in [6.07, 6.45) is 1.54. The number of phenolic OH excluding ortho intramolecular Hbond substituents is 1. The van der Waals surface area contributed by atoms with E-state index in [1.807, 2.05) is 20.8 Å². The Morgan fingerprint density at radius 1 is 1.19 bits per heavy atom. The number of nitrogens with one attached hydrogen (secondary N) is 1. The number of carbonyl (C=O) groups is 2. The average Bonchev–Trinajstić information content (AvgIpc) is 3.15. The summed E-state index contributed by atoms with van der Waals surface area (Å²) in [4.78, 5) is 31.6. The third-order valence-corrected chi connectivity index (χ3v) is 6.40. The summed E-state index contributed by atoms with van der Waals surface area (Å²) in [5, 5.41) is 13.1. The molecule has 1 heterocycles. The molecule has 1 unspecified atom stereocenters. The number of hydrogen-bond acceptors (Lipinski definition) is 7. The Hall–Kier alpha value is -3.60. The maximum Gasteiger partial charge on any atom is 0.387 e. The average molecular weight is 534 g/mol. The number of alkyl halides is 2. The number of halogens is 2. The number of ether oxygens (including phenoxy) is 2. The molecule has 0 fully saturated rings. The minimum absolute atomic E-state index is 0.0211. The van der Waals surface area contributed by atoms with Crippen molar-refractivity contribution in [2.75, 3.05) is 17.3 Å². The molecule has 8 nitrogen and oxygen atoms in total. The van der Waals surface area contributed by atoms with Gasteiger partial charge in [-0.3, -0.25) is 14.5 Å². The van der Waals surface area contributed by atoms with Crippen LogP contribution in [0.1, 0.15) is 33.3 Å². The Morgan fingerprint density at radius 2 is 1.89 bits per heavy atom. The molecule has 11 heteroatoms. The maximum absolute atomic E-state index is 13.4. The molecule has 0 aliphatic carbocycles. The van der Waals surface area contributed by atoms with Crippen LogP contribution < -0.4 is 19.7 Å². The van der Waals surface area contributed by atoms with Gasteiger partial charge in [0.15, 0.2) is 16.7 Å². The van der Waals surface area contributed by atoms with Crippen LogP contribution in [0.25, 0.3) is 6.08 Å². The van der Waals surface area contributed by atoms with Crippen LogP contribution in [0.15, 0.2) is 53.2 Å². The Bertz CT molecular complexity index is 1190. The van der Waals surface area contributed by atoms with Gasteiger partial charge in [-0.25, -0.2) is 4.99 Å². The fraction of sp³-hybridized carbons (Fsp3) is 0.346. The molecule has 2 amide bonds. The van der Waals surface area contributed by atoms with Crippen LogP contribution in [0.5, 0.6) is 17.2 Å². The Morgan fingerprint density at radius 3 is 2.51 bits per heavy atom. The number of anilines is 1. The number of rotatable bonds is 10. The van der Waals surface area contributed by atoms with E-state index >= 15 is 0 Å². The molecule has 0 aromatic heterocycles. The lowest BCUT2D eigenvalue weighted by molar-refractivity contribution is -0.119. The van der Waals surface area contributed by atoms with Gasteiger partial charge in [0.2, 0.25) is 5.91 Å². The van der Waals surface area contributed by atoms with Crippen LogP contribution >= 0.6 is 11.8 Å². The van der Waals surface area contributed by atoms with Gasteiger partial charge in [-0.15, -0.1) is 0 Å². The monoisotopic (exact) mass is 533 g/mol. The normalized spacial score (nSPS) is 15.4. The summed E-state index contributed by atoms with van der Waals surface area (Å²) in [6.45, 7) is 5.07. The molecule has 198 valence electrons. The fourth-order valence-electron chi connectivity index (χ4n) is 3.24. The van der Waals surface area contributed by atoms with E-state index in [0.29, 0.717) is 17.9 Å². The van der Waals surface area contributed by atoms with E-state index in [0.717, 1.165) is 11.8 Å². The molecular weight excluding hydrogens is 504 g/mol. The first-order valence-electron chi connectivity index (χ1n) is 11.7. The second kappa shape index (κ2) is 12.6. The molecule has 2 aromatic carbocycles. The molecular formula is C26H29F2N3O5S. The van der Waals surface area contributed by atoms with Crippen LogP contribution in [-0.4, -0.2) is 47.1 Å². The first kappa shape index (κ1) is 28.0. The van der Waals surface area contributed by atoms with E-state index in [1.54, 1.807) is 25.1 Å². The number of aliphatic imine (C=N–C) groups is 1. The Kier molecular flexibility index (Phi) is 9.51. The number of carbonyl (C=O) groups excluding carboxylic acids is 2. The number of hydrogen-bond donors (Lipinski definition) is 2. The molecule has 1 aliphatic rings. The zero-order valence-electron chi connectivity index (χ0n) is 20.9. The van der Waals surface area contributed by atoms with Crippen molar-refractivity contribution in [3.05, 3.63) is 53.7 Å². The third-order valence-electron chi connectivity index (χ3n) is 5.46. The van der Waals surface area contributed by atoms with Crippen LogP contribution in [0, 0.1) is 5.92 Å². The van der Waals surface area contributed by atoms with Crippen molar-refractivity contribution < 1.29 is 33.0 Å². The molecule has 3 rings (SSSR count). The fourth-order valence-corrected chi connectivity index (χ4v) is 4.06. The van der Waals surface area contributed by atoms with Gasteiger partial charge >= 0.3 is 6.61 Å². The van der Waals surface area contributed by atoms with Gasteiger partial charge in [-0.1, -0.05) is 31.7 Å². The quantitative estimate of drug-likeness (QED) is 0.416. The minimum atomic E-state index is -2.97. The number of phenols is 1. The maximum atomic E-state index is 13.4. The van der Waals surface area contributed by atoms with E-state index in [2.05, 4.69) is 15.0 Å². The highest BCUT2D eigenvalue weighted by Gasteiger charge is 2.32. The smallest absolute Gasteiger partial charge is 0.387 e. The van der Waals surface area contributed by atoms with Crippen LogP contribution in [-0.2, 0) is 9.59 Å². The van der Waals surface area contributed by atoms with Gasteiger partial charge < -0.3 is 19.9 Å². The number of thioether (sulfide) groups is 1. The van der Waals surface area contributed by atoms with E-state index < -0.39 is 12.5 Å². The Balaban J connectivity index is 1.90. The first-order valence-corrected chi connectivity index (χ1v) is 12.6. The molecule has 0 radical (unpaired) electrons. The third kappa shape index (κ3) is 7.45. The molecule has 0 saturated carbocycles. The summed E-state index contributed by atoms with van der Waals surface area (Å²) >= 11 is 1.08. The summed E-state index contributed by atoms with van der Waals surface area (Å²) in [7, 11) is 0. The van der Waals surface area contributed by atoms with Crippen LogP contribution in [0.3, 0.4) is 0 Å². The van der Waals surface area contributed by atoms with Crippen molar-refractivity contribution in [1.29, 1.82) is 0 Å².